The van der Waals surface area contributed by atoms with Crippen molar-refractivity contribution in [3.8, 4) is 0 Å². The molecule has 1 rings (SSSR count). The van der Waals surface area contributed by atoms with Gasteiger partial charge >= 0.3 is 7.60 Å². The van der Waals surface area contributed by atoms with Gasteiger partial charge in [0.05, 0.1) is 39.8 Å². The number of hydrogen-bond donors (Lipinski definition) is 0. The second kappa shape index (κ2) is 11.8. The first-order valence-corrected chi connectivity index (χ1v) is 11.2. The Balaban J connectivity index is 3.16. The maximum absolute atomic E-state index is 13.3. The minimum Gasteiger partial charge on any atom is -0.483 e. The zero-order valence-electron chi connectivity index (χ0n) is 17.3. The van der Waals surface area contributed by atoms with Crippen LogP contribution in [0, 0.1) is 5.92 Å². The molecule has 9 heteroatoms. The average molecular weight is 408 g/mol. The first-order valence-electron chi connectivity index (χ1n) is 9.54. The molecule has 1 aliphatic rings. The van der Waals surface area contributed by atoms with E-state index in [0.29, 0.717) is 24.6 Å². The van der Waals surface area contributed by atoms with Gasteiger partial charge in [-0.1, -0.05) is 13.8 Å². The Labute approximate surface area is 162 Å². The molecule has 0 fully saturated rings. The fourth-order valence-corrected chi connectivity index (χ4v) is 5.27. The Morgan fingerprint density at radius 3 is 2.11 bits per heavy atom. The summed E-state index contributed by atoms with van der Waals surface area (Å²) in [5.74, 6) is 1.16. The molecule has 1 heterocycles. The van der Waals surface area contributed by atoms with Gasteiger partial charge in [-0.15, -0.1) is 0 Å². The first-order chi connectivity index (χ1) is 12.9. The van der Waals surface area contributed by atoms with Crippen LogP contribution in [0.3, 0.4) is 0 Å². The van der Waals surface area contributed by atoms with Gasteiger partial charge in [-0.2, -0.15) is 0 Å². The zero-order valence-corrected chi connectivity index (χ0v) is 18.2. The topological polar surface area (TPSA) is 78.7 Å². The van der Waals surface area contributed by atoms with E-state index in [-0.39, 0.29) is 31.6 Å². The largest absolute Gasteiger partial charge is 0.483 e. The van der Waals surface area contributed by atoms with Gasteiger partial charge in [-0.25, -0.2) is 9.98 Å². The summed E-state index contributed by atoms with van der Waals surface area (Å²) in [6.07, 6.45) is 0.963. The molecule has 7 nitrogen and oxygen atoms in total. The van der Waals surface area contributed by atoms with Gasteiger partial charge in [0.1, 0.15) is 12.1 Å². The summed E-state index contributed by atoms with van der Waals surface area (Å²) in [7, 11) is -0.313. The summed E-state index contributed by atoms with van der Waals surface area (Å²) < 4.78 is 48.0. The number of methoxy groups -OCH3 is 2. The van der Waals surface area contributed by atoms with Crippen LogP contribution in [0.5, 0.6) is 0 Å². The molecule has 0 aliphatic carbocycles. The fraction of sp³-hybridized carbons (Fsp3) is 0.889. The predicted octanol–water partition coefficient (Wildman–Crippen LogP) is 4.26. The molecular formula is C18H34FN2O5P. The van der Waals surface area contributed by atoms with Gasteiger partial charge in [0.2, 0.25) is 11.8 Å². The third-order valence-corrected chi connectivity index (χ3v) is 6.97. The van der Waals surface area contributed by atoms with Gasteiger partial charge in [-0.3, -0.25) is 8.96 Å². The van der Waals surface area contributed by atoms with Gasteiger partial charge in [0.25, 0.3) is 0 Å². The van der Waals surface area contributed by atoms with Crippen molar-refractivity contribution in [1.29, 1.82) is 0 Å². The molecule has 0 spiro atoms. The van der Waals surface area contributed by atoms with Crippen molar-refractivity contribution in [2.45, 2.75) is 64.7 Å². The van der Waals surface area contributed by atoms with Crippen LogP contribution in [0.25, 0.3) is 0 Å². The maximum Gasteiger partial charge on any atom is 0.333 e. The maximum atomic E-state index is 13.3. The number of aliphatic imine (C=N–C) groups is 2. The summed E-state index contributed by atoms with van der Waals surface area (Å²) in [6.45, 7) is 7.58. The molecule has 0 aromatic heterocycles. The Kier molecular flexibility index (Phi) is 10.5. The van der Waals surface area contributed by atoms with Crippen LogP contribution < -0.4 is 0 Å². The smallest absolute Gasteiger partial charge is 0.333 e. The summed E-state index contributed by atoms with van der Waals surface area (Å²) >= 11 is 0. The average Bonchev–Trinajstić information content (AvgIpc) is 2.64. The standard InChI is InChI=1S/C18H34FN2O5P/c1-7-25-27(22,26-8-2)14(10-9-11-19)12-15-17(23-5)21-16(13(3)4)18(20-15)24-6/h13-16H,7-12H2,1-6H3/t14?,15-,16+/m0/s1. The predicted molar refractivity (Wildman–Crippen MR) is 106 cm³/mol. The minimum absolute atomic E-state index is 0.190. The lowest BCUT2D eigenvalue weighted by molar-refractivity contribution is 0.207. The highest BCUT2D eigenvalue weighted by molar-refractivity contribution is 7.54. The highest BCUT2D eigenvalue weighted by atomic mass is 31.2. The second-order valence-electron chi connectivity index (χ2n) is 6.64. The number of hydrogen-bond acceptors (Lipinski definition) is 7. The van der Waals surface area contributed by atoms with Crippen molar-refractivity contribution in [3.05, 3.63) is 0 Å². The molecule has 0 aromatic carbocycles. The van der Waals surface area contributed by atoms with Gasteiger partial charge in [0, 0.05) is 0 Å². The fourth-order valence-electron chi connectivity index (χ4n) is 3.10. The molecule has 1 aliphatic heterocycles. The van der Waals surface area contributed by atoms with E-state index in [1.807, 2.05) is 13.8 Å². The molecule has 3 atom stereocenters. The van der Waals surface area contributed by atoms with Crippen LogP contribution >= 0.6 is 7.60 Å². The highest BCUT2D eigenvalue weighted by Crippen LogP contribution is 2.56. The van der Waals surface area contributed by atoms with Crippen LogP contribution in [0.1, 0.15) is 47.0 Å². The Morgan fingerprint density at radius 1 is 1.07 bits per heavy atom. The molecule has 0 amide bonds. The van der Waals surface area contributed by atoms with Crippen molar-refractivity contribution in [1.82, 2.24) is 0 Å². The molecule has 0 bridgehead atoms. The van der Waals surface area contributed by atoms with E-state index in [2.05, 4.69) is 9.98 Å². The molecule has 158 valence electrons. The van der Waals surface area contributed by atoms with Crippen molar-refractivity contribution >= 4 is 19.4 Å². The molecule has 0 saturated heterocycles. The lowest BCUT2D eigenvalue weighted by atomic mass is 10.0. The molecule has 0 saturated carbocycles. The third kappa shape index (κ3) is 6.54. The van der Waals surface area contributed by atoms with Crippen molar-refractivity contribution in [3.63, 3.8) is 0 Å². The lowest BCUT2D eigenvalue weighted by Gasteiger charge is -2.31. The van der Waals surface area contributed by atoms with E-state index in [1.54, 1.807) is 21.0 Å². The summed E-state index contributed by atoms with van der Waals surface area (Å²) in [5, 5.41) is 0. The summed E-state index contributed by atoms with van der Waals surface area (Å²) in [5.41, 5.74) is -0.504. The van der Waals surface area contributed by atoms with Crippen molar-refractivity contribution < 1.29 is 27.5 Å². The van der Waals surface area contributed by atoms with Crippen LogP contribution in [-0.2, 0) is 23.1 Å². The molecule has 1 unspecified atom stereocenters. The Bertz CT molecular complexity index is 546. The summed E-state index contributed by atoms with van der Waals surface area (Å²) in [4.78, 5) is 9.28. The van der Waals surface area contributed by atoms with Crippen LogP contribution in [0.4, 0.5) is 4.39 Å². The lowest BCUT2D eigenvalue weighted by Crippen LogP contribution is -2.39. The quantitative estimate of drug-likeness (QED) is 0.478. The SMILES string of the molecule is CCOP(=O)(OCC)C(CCCF)C[C@@H]1N=C(OC)[C@@H](C(C)C)N=C1OC. The number of nitrogens with zero attached hydrogens (tertiary/aromatic N) is 2. The van der Waals surface area contributed by atoms with E-state index in [4.69, 9.17) is 18.5 Å². The summed E-state index contributed by atoms with van der Waals surface area (Å²) in [6, 6.07) is -0.699. The van der Waals surface area contributed by atoms with Gasteiger partial charge in [-0.05, 0) is 39.0 Å². The number of alkyl halides is 1. The number of halogens is 1. The van der Waals surface area contributed by atoms with Crippen LogP contribution in [0.15, 0.2) is 9.98 Å². The molecule has 0 radical (unpaired) electrons. The van der Waals surface area contributed by atoms with Crippen molar-refractivity contribution in [2.75, 3.05) is 34.1 Å². The second-order valence-corrected chi connectivity index (χ2v) is 8.97. The minimum atomic E-state index is -3.41. The van der Waals surface area contributed by atoms with Crippen LogP contribution in [0.2, 0.25) is 0 Å². The van der Waals surface area contributed by atoms with E-state index in [0.717, 1.165) is 0 Å². The highest BCUT2D eigenvalue weighted by Gasteiger charge is 2.40. The third-order valence-electron chi connectivity index (χ3n) is 4.37. The Morgan fingerprint density at radius 2 is 1.67 bits per heavy atom. The molecule has 0 aromatic rings. The molecular weight excluding hydrogens is 374 g/mol. The van der Waals surface area contributed by atoms with E-state index >= 15 is 0 Å². The van der Waals surface area contributed by atoms with E-state index in [1.165, 1.54) is 7.11 Å². The van der Waals surface area contributed by atoms with Crippen LogP contribution in [-0.4, -0.2) is 63.6 Å². The van der Waals surface area contributed by atoms with Gasteiger partial charge in [0.15, 0.2) is 0 Å². The number of rotatable bonds is 11. The number of ether oxygens (including phenoxy) is 2. The zero-order chi connectivity index (χ0) is 20.4. The molecule has 0 N–H and O–H groups in total. The molecule has 27 heavy (non-hydrogen) atoms. The normalized spacial score (nSPS) is 21.6. The van der Waals surface area contributed by atoms with E-state index < -0.39 is 26.0 Å². The first kappa shape index (κ1) is 24.1. The Hall–Kier alpha value is -0.980. The van der Waals surface area contributed by atoms with Crippen molar-refractivity contribution in [2.24, 2.45) is 15.9 Å². The van der Waals surface area contributed by atoms with Gasteiger partial charge < -0.3 is 18.5 Å². The monoisotopic (exact) mass is 408 g/mol. The van der Waals surface area contributed by atoms with E-state index in [9.17, 15) is 8.96 Å².